The van der Waals surface area contributed by atoms with E-state index in [1.54, 1.807) is 39.3 Å². The maximum absolute atomic E-state index is 13.1. The molecule has 0 aromatic heterocycles. The van der Waals surface area contributed by atoms with Gasteiger partial charge in [-0.15, -0.1) is 0 Å². The number of carbonyl (C=O) groups is 2. The van der Waals surface area contributed by atoms with Crippen LogP contribution in [0.2, 0.25) is 0 Å². The Hall–Kier alpha value is -3.22. The Kier molecular flexibility index (Phi) is 9.18. The fourth-order valence-corrected chi connectivity index (χ4v) is 2.94. The second-order valence-electron chi connectivity index (χ2n) is 7.30. The van der Waals surface area contributed by atoms with Gasteiger partial charge in [-0.05, 0) is 50.1 Å². The molecule has 7 heteroatoms. The number of hydrogen-bond donors (Lipinski definition) is 1. The van der Waals surface area contributed by atoms with E-state index in [9.17, 15) is 9.59 Å². The van der Waals surface area contributed by atoms with E-state index in [1.807, 2.05) is 44.2 Å². The van der Waals surface area contributed by atoms with Crippen LogP contribution in [0.5, 0.6) is 17.2 Å². The fraction of sp³-hybridized carbons (Fsp3) is 0.417. The number of nitrogens with zero attached hydrogens (tertiary/aromatic N) is 1. The number of nitrogens with one attached hydrogen (secondary N) is 1. The molecule has 0 aliphatic rings. The van der Waals surface area contributed by atoms with Crippen LogP contribution >= 0.6 is 0 Å². The van der Waals surface area contributed by atoms with E-state index in [0.29, 0.717) is 11.5 Å². The molecule has 1 N–H and O–H groups in total. The maximum atomic E-state index is 13.1. The monoisotopic (exact) mass is 428 g/mol. The molecule has 0 fully saturated rings. The highest BCUT2D eigenvalue weighted by Crippen LogP contribution is 2.26. The second kappa shape index (κ2) is 11.8. The van der Waals surface area contributed by atoms with Gasteiger partial charge in [-0.1, -0.05) is 31.2 Å². The van der Waals surface area contributed by atoms with E-state index in [-0.39, 0.29) is 31.0 Å². The first kappa shape index (κ1) is 24.1. The third-order valence-corrected chi connectivity index (χ3v) is 5.10. The van der Waals surface area contributed by atoms with Crippen molar-refractivity contribution in [2.45, 2.75) is 45.8 Å². The topological polar surface area (TPSA) is 77.1 Å². The lowest BCUT2D eigenvalue weighted by molar-refractivity contribution is -0.142. The van der Waals surface area contributed by atoms with Crippen molar-refractivity contribution in [3.63, 3.8) is 0 Å². The summed E-state index contributed by atoms with van der Waals surface area (Å²) in [5.41, 5.74) is 0.884. The van der Waals surface area contributed by atoms with Crippen molar-refractivity contribution in [1.29, 1.82) is 0 Å². The zero-order valence-electron chi connectivity index (χ0n) is 18.9. The van der Waals surface area contributed by atoms with Crippen LogP contribution in [0.25, 0.3) is 0 Å². The van der Waals surface area contributed by atoms with Crippen LogP contribution in [0.4, 0.5) is 0 Å². The number of benzene rings is 2. The Balaban J connectivity index is 2.18. The van der Waals surface area contributed by atoms with Gasteiger partial charge in [0.05, 0.1) is 14.2 Å². The largest absolute Gasteiger partial charge is 0.497 e. The fourth-order valence-electron chi connectivity index (χ4n) is 2.94. The predicted octanol–water partition coefficient (Wildman–Crippen LogP) is 3.41. The SMILES string of the molecule is CC[C@@H](C)NC(=O)[C@@H](C)N(Cc1ccc(OC)cc1)C(=O)COc1ccccc1OC. The summed E-state index contributed by atoms with van der Waals surface area (Å²) in [5, 5.41) is 2.95. The summed E-state index contributed by atoms with van der Waals surface area (Å²) >= 11 is 0. The van der Waals surface area contributed by atoms with E-state index in [2.05, 4.69) is 5.32 Å². The van der Waals surface area contributed by atoms with Crippen molar-refractivity contribution < 1.29 is 23.8 Å². The molecule has 2 aromatic carbocycles. The molecule has 0 spiro atoms. The molecule has 0 heterocycles. The normalized spacial score (nSPS) is 12.4. The van der Waals surface area contributed by atoms with E-state index in [4.69, 9.17) is 14.2 Å². The van der Waals surface area contributed by atoms with E-state index < -0.39 is 6.04 Å². The molecule has 7 nitrogen and oxygen atoms in total. The molecule has 0 bridgehead atoms. The van der Waals surface area contributed by atoms with Crippen LogP contribution < -0.4 is 19.5 Å². The molecular weight excluding hydrogens is 396 g/mol. The van der Waals surface area contributed by atoms with Gasteiger partial charge in [-0.25, -0.2) is 0 Å². The first-order chi connectivity index (χ1) is 14.9. The quantitative estimate of drug-likeness (QED) is 0.594. The van der Waals surface area contributed by atoms with Crippen molar-refractivity contribution in [1.82, 2.24) is 10.2 Å². The lowest BCUT2D eigenvalue weighted by atomic mass is 10.1. The molecule has 0 saturated heterocycles. The Morgan fingerprint density at radius 2 is 1.61 bits per heavy atom. The minimum Gasteiger partial charge on any atom is -0.497 e. The van der Waals surface area contributed by atoms with Crippen LogP contribution in [0.1, 0.15) is 32.8 Å². The molecule has 0 aliphatic heterocycles. The van der Waals surface area contributed by atoms with Crippen molar-refractivity contribution in [2.75, 3.05) is 20.8 Å². The molecule has 168 valence electrons. The molecule has 2 atom stereocenters. The second-order valence-corrected chi connectivity index (χ2v) is 7.30. The Labute approximate surface area is 184 Å². The van der Waals surface area contributed by atoms with Gasteiger partial charge in [-0.2, -0.15) is 0 Å². The number of hydrogen-bond acceptors (Lipinski definition) is 5. The Morgan fingerprint density at radius 3 is 2.19 bits per heavy atom. The molecule has 0 saturated carbocycles. The summed E-state index contributed by atoms with van der Waals surface area (Å²) in [4.78, 5) is 27.4. The molecule has 2 rings (SSSR count). The van der Waals surface area contributed by atoms with Crippen LogP contribution in [0.15, 0.2) is 48.5 Å². The van der Waals surface area contributed by atoms with Gasteiger partial charge in [0.2, 0.25) is 5.91 Å². The molecule has 2 amide bonds. The molecule has 2 aromatic rings. The first-order valence-electron chi connectivity index (χ1n) is 10.4. The average Bonchev–Trinajstić information content (AvgIpc) is 2.80. The summed E-state index contributed by atoms with van der Waals surface area (Å²) in [5.74, 6) is 1.24. The van der Waals surface area contributed by atoms with Crippen LogP contribution in [-0.4, -0.2) is 49.6 Å². The number of ether oxygens (including phenoxy) is 3. The minimum atomic E-state index is -0.662. The molecule has 0 aliphatic carbocycles. The molecular formula is C24H32N2O5. The van der Waals surface area contributed by atoms with E-state index in [0.717, 1.165) is 17.7 Å². The molecule has 0 radical (unpaired) electrons. The van der Waals surface area contributed by atoms with Gasteiger partial charge in [0.1, 0.15) is 11.8 Å². The smallest absolute Gasteiger partial charge is 0.261 e. The third-order valence-electron chi connectivity index (χ3n) is 5.10. The average molecular weight is 429 g/mol. The maximum Gasteiger partial charge on any atom is 0.261 e. The Bertz CT molecular complexity index is 853. The van der Waals surface area contributed by atoms with Gasteiger partial charge in [0.15, 0.2) is 18.1 Å². The first-order valence-corrected chi connectivity index (χ1v) is 10.4. The predicted molar refractivity (Wildman–Crippen MR) is 119 cm³/mol. The summed E-state index contributed by atoms with van der Waals surface area (Å²) in [7, 11) is 3.14. The highest BCUT2D eigenvalue weighted by Gasteiger charge is 2.27. The standard InChI is InChI=1S/C24H32N2O5/c1-6-17(2)25-24(28)18(3)26(15-19-11-13-20(29-4)14-12-19)23(27)16-31-22-10-8-7-9-21(22)30-5/h7-14,17-18H,6,15-16H2,1-5H3,(H,25,28)/t17-,18-/m1/s1. The van der Waals surface area contributed by atoms with Crippen LogP contribution in [-0.2, 0) is 16.1 Å². The van der Waals surface area contributed by atoms with Crippen LogP contribution in [0, 0.1) is 0 Å². The highest BCUT2D eigenvalue weighted by molar-refractivity contribution is 5.88. The third kappa shape index (κ3) is 6.91. The summed E-state index contributed by atoms with van der Waals surface area (Å²) in [6, 6.07) is 13.9. The lowest BCUT2D eigenvalue weighted by Gasteiger charge is -2.29. The zero-order chi connectivity index (χ0) is 22.8. The van der Waals surface area contributed by atoms with Crippen molar-refractivity contribution in [3.05, 3.63) is 54.1 Å². The van der Waals surface area contributed by atoms with Crippen LogP contribution in [0.3, 0.4) is 0 Å². The van der Waals surface area contributed by atoms with Crippen molar-refractivity contribution in [2.24, 2.45) is 0 Å². The van der Waals surface area contributed by atoms with Gasteiger partial charge >= 0.3 is 0 Å². The van der Waals surface area contributed by atoms with E-state index >= 15 is 0 Å². The zero-order valence-corrected chi connectivity index (χ0v) is 18.9. The van der Waals surface area contributed by atoms with Gasteiger partial charge in [0.25, 0.3) is 5.91 Å². The van der Waals surface area contributed by atoms with Crippen molar-refractivity contribution >= 4 is 11.8 Å². The summed E-state index contributed by atoms with van der Waals surface area (Å²) in [6.45, 7) is 5.72. The number of carbonyl (C=O) groups excluding carboxylic acids is 2. The minimum absolute atomic E-state index is 0.0257. The summed E-state index contributed by atoms with van der Waals surface area (Å²) < 4.78 is 16.2. The Morgan fingerprint density at radius 1 is 0.968 bits per heavy atom. The van der Waals surface area contributed by atoms with Gasteiger partial charge < -0.3 is 24.4 Å². The molecule has 31 heavy (non-hydrogen) atoms. The number of para-hydroxylation sites is 2. The number of methoxy groups -OCH3 is 2. The van der Waals surface area contributed by atoms with Gasteiger partial charge in [0, 0.05) is 12.6 Å². The van der Waals surface area contributed by atoms with Gasteiger partial charge in [-0.3, -0.25) is 9.59 Å². The van der Waals surface area contributed by atoms with E-state index in [1.165, 1.54) is 4.90 Å². The highest BCUT2D eigenvalue weighted by atomic mass is 16.5. The molecule has 0 unspecified atom stereocenters. The number of rotatable bonds is 11. The van der Waals surface area contributed by atoms with Crippen molar-refractivity contribution in [3.8, 4) is 17.2 Å². The summed E-state index contributed by atoms with van der Waals surface area (Å²) in [6.07, 6.45) is 0.807. The number of amides is 2. The lowest BCUT2D eigenvalue weighted by Crippen LogP contribution is -2.50.